The van der Waals surface area contributed by atoms with Gasteiger partial charge in [-0.15, -0.1) is 0 Å². The van der Waals surface area contributed by atoms with Crippen molar-refractivity contribution >= 4 is 38.9 Å². The second-order valence-electron chi connectivity index (χ2n) is 2.93. The Balaban J connectivity index is 3.20. The lowest BCUT2D eigenvalue weighted by Gasteiger charge is -2.12. The van der Waals surface area contributed by atoms with Gasteiger partial charge < -0.3 is 10.6 Å². The standard InChI is InChI=1S/C9H7BrF4N2S/c1-2-15-9(17)16-8-6(13)4(11)3(10)5(12)7(8)14/h2H2,1H3,(H2,15,16,17). The SMILES string of the molecule is CCNC(=S)Nc1c(F)c(F)c(Br)c(F)c1F. The molecule has 0 aromatic heterocycles. The molecule has 17 heavy (non-hydrogen) atoms. The van der Waals surface area contributed by atoms with Crippen LogP contribution in [0.5, 0.6) is 0 Å². The van der Waals surface area contributed by atoms with Crippen molar-refractivity contribution < 1.29 is 17.6 Å². The van der Waals surface area contributed by atoms with Gasteiger partial charge in [0.2, 0.25) is 0 Å². The first-order valence-corrected chi connectivity index (χ1v) is 5.66. The Morgan fingerprint density at radius 2 is 1.59 bits per heavy atom. The maximum Gasteiger partial charge on any atom is 0.186 e. The van der Waals surface area contributed by atoms with E-state index in [9.17, 15) is 17.6 Å². The second-order valence-corrected chi connectivity index (χ2v) is 4.13. The molecule has 1 aromatic carbocycles. The summed E-state index contributed by atoms with van der Waals surface area (Å²) < 4.78 is 52.1. The van der Waals surface area contributed by atoms with Gasteiger partial charge in [0.05, 0.1) is 4.47 Å². The summed E-state index contributed by atoms with van der Waals surface area (Å²) in [5.41, 5.74) is -0.964. The summed E-state index contributed by atoms with van der Waals surface area (Å²) >= 11 is 7.07. The number of nitrogens with one attached hydrogen (secondary N) is 2. The summed E-state index contributed by atoms with van der Waals surface area (Å²) in [4.78, 5) is 0. The summed E-state index contributed by atoms with van der Waals surface area (Å²) in [6, 6.07) is 0. The molecule has 0 unspecified atom stereocenters. The van der Waals surface area contributed by atoms with Gasteiger partial charge in [-0.1, -0.05) is 0 Å². The first kappa shape index (κ1) is 14.2. The Labute approximate surface area is 109 Å². The number of rotatable bonds is 2. The van der Waals surface area contributed by atoms with E-state index in [-0.39, 0.29) is 5.11 Å². The zero-order valence-electron chi connectivity index (χ0n) is 8.51. The number of hydrogen-bond donors (Lipinski definition) is 2. The molecule has 0 atom stereocenters. The minimum Gasteiger partial charge on any atom is -0.363 e. The Hall–Kier alpha value is -0.890. The van der Waals surface area contributed by atoms with E-state index in [2.05, 4.69) is 38.8 Å². The van der Waals surface area contributed by atoms with E-state index in [1.54, 1.807) is 6.92 Å². The van der Waals surface area contributed by atoms with Gasteiger partial charge in [-0.25, -0.2) is 17.6 Å². The third-order valence-corrected chi connectivity index (χ3v) is 2.73. The lowest BCUT2D eigenvalue weighted by molar-refractivity contribution is 0.452. The van der Waals surface area contributed by atoms with Crippen LogP contribution in [0.25, 0.3) is 0 Å². The highest BCUT2D eigenvalue weighted by Gasteiger charge is 2.24. The van der Waals surface area contributed by atoms with Crippen LogP contribution in [0, 0.1) is 23.3 Å². The Morgan fingerprint density at radius 1 is 1.12 bits per heavy atom. The topological polar surface area (TPSA) is 24.1 Å². The maximum absolute atomic E-state index is 13.3. The fraction of sp³-hybridized carbons (Fsp3) is 0.222. The van der Waals surface area contributed by atoms with Gasteiger partial charge >= 0.3 is 0 Å². The smallest absolute Gasteiger partial charge is 0.186 e. The average Bonchev–Trinajstić information content (AvgIpc) is 2.30. The van der Waals surface area contributed by atoms with E-state index >= 15 is 0 Å². The largest absolute Gasteiger partial charge is 0.363 e. The first-order chi connectivity index (χ1) is 7.90. The number of benzene rings is 1. The summed E-state index contributed by atoms with van der Waals surface area (Å²) in [7, 11) is 0. The van der Waals surface area contributed by atoms with E-state index in [4.69, 9.17) is 0 Å². The summed E-state index contributed by atoms with van der Waals surface area (Å²) in [5, 5.41) is 4.46. The van der Waals surface area contributed by atoms with Crippen LogP contribution in [-0.2, 0) is 0 Å². The zero-order valence-corrected chi connectivity index (χ0v) is 10.9. The van der Waals surface area contributed by atoms with Gasteiger partial charge in [0.15, 0.2) is 28.4 Å². The molecule has 0 aliphatic rings. The Kier molecular flexibility index (Phi) is 4.70. The normalized spacial score (nSPS) is 10.2. The monoisotopic (exact) mass is 330 g/mol. The van der Waals surface area contributed by atoms with Gasteiger partial charge in [0, 0.05) is 6.54 Å². The van der Waals surface area contributed by atoms with Crippen LogP contribution in [0.2, 0.25) is 0 Å². The minimum atomic E-state index is -1.55. The molecule has 0 aliphatic heterocycles. The maximum atomic E-state index is 13.3. The first-order valence-electron chi connectivity index (χ1n) is 4.46. The van der Waals surface area contributed by atoms with Crippen molar-refractivity contribution in [3.63, 3.8) is 0 Å². The number of anilines is 1. The third-order valence-electron chi connectivity index (χ3n) is 1.79. The van der Waals surface area contributed by atoms with E-state index in [1.807, 2.05) is 0 Å². The molecule has 2 N–H and O–H groups in total. The Bertz CT molecular complexity index is 438. The average molecular weight is 331 g/mol. The summed E-state index contributed by atoms with van der Waals surface area (Å²) in [6.45, 7) is 2.10. The van der Waals surface area contributed by atoms with Gasteiger partial charge in [0.25, 0.3) is 0 Å². The van der Waals surface area contributed by atoms with E-state index in [0.717, 1.165) is 0 Å². The molecule has 0 saturated carbocycles. The van der Waals surface area contributed by atoms with Crippen molar-refractivity contribution in [3.8, 4) is 0 Å². The molecule has 0 spiro atoms. The minimum absolute atomic E-state index is 0.133. The molecule has 0 aliphatic carbocycles. The van der Waals surface area contributed by atoms with Gasteiger partial charge in [0.1, 0.15) is 5.69 Å². The van der Waals surface area contributed by atoms with Gasteiger partial charge in [-0.3, -0.25) is 0 Å². The number of hydrogen-bond acceptors (Lipinski definition) is 1. The quantitative estimate of drug-likeness (QED) is 0.376. The van der Waals surface area contributed by atoms with Crippen LogP contribution in [-0.4, -0.2) is 11.7 Å². The second kappa shape index (κ2) is 5.63. The highest BCUT2D eigenvalue weighted by Crippen LogP contribution is 2.31. The van der Waals surface area contributed by atoms with Crippen LogP contribution in [0.3, 0.4) is 0 Å². The van der Waals surface area contributed by atoms with Crippen LogP contribution in [0.4, 0.5) is 23.2 Å². The van der Waals surface area contributed by atoms with Crippen molar-refractivity contribution in [2.75, 3.05) is 11.9 Å². The van der Waals surface area contributed by atoms with Crippen molar-refractivity contribution in [1.29, 1.82) is 0 Å². The highest BCUT2D eigenvalue weighted by atomic mass is 79.9. The molecule has 0 fully saturated rings. The van der Waals surface area contributed by atoms with Crippen molar-refractivity contribution in [3.05, 3.63) is 27.7 Å². The predicted molar refractivity (Wildman–Crippen MR) is 63.9 cm³/mol. The molecule has 0 amide bonds. The van der Waals surface area contributed by atoms with Gasteiger partial charge in [-0.2, -0.15) is 0 Å². The van der Waals surface area contributed by atoms with Crippen LogP contribution < -0.4 is 10.6 Å². The number of halogens is 5. The molecule has 0 bridgehead atoms. The molecule has 0 saturated heterocycles. The lowest BCUT2D eigenvalue weighted by Crippen LogP contribution is -2.29. The van der Waals surface area contributed by atoms with Crippen molar-refractivity contribution in [2.45, 2.75) is 6.92 Å². The lowest BCUT2D eigenvalue weighted by atomic mass is 10.2. The molecule has 0 heterocycles. The molecule has 8 heteroatoms. The molecular weight excluding hydrogens is 324 g/mol. The van der Waals surface area contributed by atoms with Crippen LogP contribution in [0.15, 0.2) is 4.47 Å². The fourth-order valence-electron chi connectivity index (χ4n) is 1.03. The molecule has 0 radical (unpaired) electrons. The fourth-order valence-corrected chi connectivity index (χ4v) is 1.63. The van der Waals surface area contributed by atoms with E-state index in [1.165, 1.54) is 0 Å². The Morgan fingerprint density at radius 3 is 2.00 bits per heavy atom. The van der Waals surface area contributed by atoms with E-state index in [0.29, 0.717) is 6.54 Å². The van der Waals surface area contributed by atoms with Crippen LogP contribution in [0.1, 0.15) is 6.92 Å². The third kappa shape index (κ3) is 2.86. The summed E-state index contributed by atoms with van der Waals surface area (Å²) in [6.07, 6.45) is 0. The van der Waals surface area contributed by atoms with Crippen molar-refractivity contribution in [1.82, 2.24) is 5.32 Å². The van der Waals surface area contributed by atoms with E-state index < -0.39 is 33.4 Å². The zero-order chi connectivity index (χ0) is 13.2. The molecular formula is C9H7BrF4N2S. The molecule has 94 valence electrons. The molecule has 1 rings (SSSR count). The van der Waals surface area contributed by atoms with Gasteiger partial charge in [-0.05, 0) is 35.1 Å². The summed E-state index contributed by atoms with van der Waals surface area (Å²) in [5.74, 6) is -6.14. The van der Waals surface area contributed by atoms with Crippen LogP contribution >= 0.6 is 28.1 Å². The molecule has 2 nitrogen and oxygen atoms in total. The molecule has 1 aromatic rings. The number of thiocarbonyl (C=S) groups is 1. The predicted octanol–water partition coefficient (Wildman–Crippen LogP) is 3.31. The highest BCUT2D eigenvalue weighted by molar-refractivity contribution is 9.10. The van der Waals surface area contributed by atoms with Crippen molar-refractivity contribution in [2.24, 2.45) is 0 Å².